The van der Waals surface area contributed by atoms with Gasteiger partial charge in [-0.15, -0.1) is 5.69 Å². The number of rotatable bonds is 6. The Morgan fingerprint density at radius 3 is 1.53 bits per heavy atom. The maximum atomic E-state index is 5.39. The van der Waals surface area contributed by atoms with E-state index in [1.165, 1.54) is 73.0 Å². The predicted molar refractivity (Wildman–Crippen MR) is 250 cm³/mol. The Bertz CT molecular complexity index is 2100. The summed E-state index contributed by atoms with van der Waals surface area (Å²) in [5.74, 6) is 0. The van der Waals surface area contributed by atoms with E-state index in [1.54, 1.807) is 10.9 Å². The number of hydrogen-bond acceptors (Lipinski definition) is 1. The first kappa shape index (κ1) is 43.8. The van der Waals surface area contributed by atoms with E-state index in [4.69, 9.17) is 19.9 Å². The Morgan fingerprint density at radius 1 is 0.614 bits per heavy atom. The van der Waals surface area contributed by atoms with Gasteiger partial charge in [0.2, 0.25) is 0 Å². The molecule has 57 heavy (non-hydrogen) atoms. The molecule has 0 saturated carbocycles. The van der Waals surface area contributed by atoms with E-state index in [9.17, 15) is 0 Å². The molecule has 1 spiro atoms. The van der Waals surface area contributed by atoms with Crippen LogP contribution in [0.3, 0.4) is 0 Å². The molecule has 0 saturated heterocycles. The van der Waals surface area contributed by atoms with Crippen molar-refractivity contribution in [1.82, 2.24) is 4.98 Å². The van der Waals surface area contributed by atoms with Crippen LogP contribution < -0.4 is 15.9 Å². The molecule has 7 rings (SSSR count). The van der Waals surface area contributed by atoms with Gasteiger partial charge in [-0.2, -0.15) is 0 Å². The van der Waals surface area contributed by atoms with E-state index >= 15 is 0 Å². The number of nitrogens with zero attached hydrogens (tertiary/aromatic N) is 2. The Kier molecular flexibility index (Phi) is 12.5. The zero-order chi connectivity index (χ0) is 41.7. The van der Waals surface area contributed by atoms with E-state index in [0.29, 0.717) is 6.54 Å². The molecule has 1 aromatic heterocycles. The van der Waals surface area contributed by atoms with Crippen LogP contribution in [-0.2, 0) is 64.4 Å². The Labute approximate surface area is 361 Å². The molecule has 0 bridgehead atoms. The molecule has 306 valence electrons. The average Bonchev–Trinajstić information content (AvgIpc) is 3.72. The zero-order valence-corrected chi connectivity index (χ0v) is 41.3. The van der Waals surface area contributed by atoms with Crippen molar-refractivity contribution in [2.24, 2.45) is 0 Å². The molecule has 2 aliphatic rings. The van der Waals surface area contributed by atoms with Crippen LogP contribution in [0.25, 0.3) is 5.32 Å². The van der Waals surface area contributed by atoms with Gasteiger partial charge in [0, 0.05) is 22.9 Å². The predicted octanol–water partition coefficient (Wildman–Crippen LogP) is 12.6. The minimum atomic E-state index is -1.51. The van der Waals surface area contributed by atoms with E-state index in [1.807, 2.05) is 12.3 Å². The molecular formula is C52H67ClIrN2P. The molecule has 5 heteroatoms. The number of aromatic nitrogens is 1. The first-order valence-electron chi connectivity index (χ1n) is 20.8. The Hall–Kier alpha value is -2.80. The molecule has 5 aromatic rings. The Balaban J connectivity index is 0.00000270. The number of benzene rings is 4. The summed E-state index contributed by atoms with van der Waals surface area (Å²) in [5.41, 5.74) is 15.3. The third-order valence-electron chi connectivity index (χ3n) is 12.6. The van der Waals surface area contributed by atoms with Crippen molar-refractivity contribution >= 4 is 39.1 Å². The second-order valence-electron chi connectivity index (χ2n) is 20.8. The van der Waals surface area contributed by atoms with Gasteiger partial charge in [0.15, 0.2) is 0 Å². The van der Waals surface area contributed by atoms with Crippen molar-refractivity contribution in [3.63, 3.8) is 0 Å². The third-order valence-corrected chi connectivity index (χ3v) is 15.3. The van der Waals surface area contributed by atoms with Gasteiger partial charge < -0.3 is 5.32 Å². The molecule has 0 amide bonds. The summed E-state index contributed by atoms with van der Waals surface area (Å²) in [4.78, 5) is 4.72. The van der Waals surface area contributed by atoms with Crippen LogP contribution >= 0.6 is 17.5 Å². The number of fused-ring (bicyclic) bond motifs is 4. The van der Waals surface area contributed by atoms with Crippen molar-refractivity contribution in [2.45, 2.75) is 149 Å². The summed E-state index contributed by atoms with van der Waals surface area (Å²) in [5, 5.41) is 9.97. The van der Waals surface area contributed by atoms with Crippen LogP contribution in [-0.4, -0.2) is 4.98 Å². The topological polar surface area (TPSA) is 27.0 Å². The van der Waals surface area contributed by atoms with Crippen molar-refractivity contribution in [2.75, 3.05) is 0 Å². The van der Waals surface area contributed by atoms with Crippen LogP contribution in [0, 0.1) is 6.92 Å². The van der Waals surface area contributed by atoms with Crippen LogP contribution in [0.1, 0.15) is 152 Å². The summed E-state index contributed by atoms with van der Waals surface area (Å²) in [7, 11) is 3.19. The number of pyridine rings is 1. The quantitative estimate of drug-likeness (QED) is 0.156. The van der Waals surface area contributed by atoms with Crippen molar-refractivity contribution in [3.8, 4) is 0 Å². The monoisotopic (exact) mass is 978 g/mol. The molecule has 2 nitrogen and oxygen atoms in total. The molecular weight excluding hydrogens is 911 g/mol. The maximum absolute atomic E-state index is 5.39. The van der Waals surface area contributed by atoms with Gasteiger partial charge in [-0.05, 0) is 135 Å². The van der Waals surface area contributed by atoms with Gasteiger partial charge in [-0.1, -0.05) is 138 Å². The fraction of sp³-hybridized carbons (Fsp3) is 0.442. The van der Waals surface area contributed by atoms with E-state index in [-0.39, 0.29) is 27.1 Å². The molecule has 0 aliphatic heterocycles. The zero-order valence-electron chi connectivity index (χ0n) is 36.8. The van der Waals surface area contributed by atoms with Crippen LogP contribution in [0.5, 0.6) is 0 Å². The molecule has 0 N–H and O–H groups in total. The molecule has 0 fully saturated rings. The fourth-order valence-electron chi connectivity index (χ4n) is 9.10. The van der Waals surface area contributed by atoms with Crippen LogP contribution in [0.4, 0.5) is 5.69 Å². The van der Waals surface area contributed by atoms with Gasteiger partial charge in [-0.3, -0.25) is 4.98 Å². The van der Waals surface area contributed by atoms with Crippen LogP contribution in [0.2, 0.25) is 0 Å². The van der Waals surface area contributed by atoms with Crippen molar-refractivity contribution < 1.29 is 17.9 Å². The Morgan fingerprint density at radius 2 is 1.07 bits per heavy atom. The van der Waals surface area contributed by atoms with Gasteiger partial charge in [0.1, 0.15) is 15.9 Å². The normalized spacial score (nSPS) is 16.7. The average molecular weight is 979 g/mol. The van der Waals surface area contributed by atoms with Gasteiger partial charge in [0.25, 0.3) is 0 Å². The summed E-state index contributed by atoms with van der Waals surface area (Å²) in [6, 6.07) is 33.8. The first-order valence-corrected chi connectivity index (χ1v) is 25.7. The first-order chi connectivity index (χ1) is 26.7. The van der Waals surface area contributed by atoms with E-state index in [2.05, 4.69) is 169 Å². The molecule has 0 unspecified atom stereocenters. The van der Waals surface area contributed by atoms with E-state index in [0.717, 1.165) is 37.1 Å². The van der Waals surface area contributed by atoms with Gasteiger partial charge in [-0.25, -0.2) is 0 Å². The third kappa shape index (κ3) is 8.90. The summed E-state index contributed by atoms with van der Waals surface area (Å²) >= 11 is 1.19. The fourth-order valence-corrected chi connectivity index (χ4v) is 12.2. The number of aryl methyl sites for hydroxylation is 3. The van der Waals surface area contributed by atoms with Crippen molar-refractivity contribution in [3.05, 3.63) is 152 Å². The molecule has 1 atom stereocenters. The molecule has 0 radical (unpaired) electrons. The second-order valence-corrected chi connectivity index (χ2v) is 23.2. The molecule has 4 aromatic carbocycles. The van der Waals surface area contributed by atoms with Crippen LogP contribution in [0.15, 0.2) is 91.1 Å². The second kappa shape index (κ2) is 16.3. The molecule has 1 heterocycles. The summed E-state index contributed by atoms with van der Waals surface area (Å²) in [6.07, 6.45) is 6.38. The minimum absolute atomic E-state index is 0.0272. The van der Waals surface area contributed by atoms with Gasteiger partial charge in [0.05, 0.1) is 7.92 Å². The standard InChI is InChI=1S/C52H64N2P.ClH.Ir.2H/c1-34-17-16-26-53-44(34)33-54-43-20-14-18-35-22-24-52(46(35)43)25-23-36-19-15-21-45(47(36)52)55(41-29-37(48(2,3)4)27-38(30-41)49(5,6)7)42-31-39(50(8,9)10)28-40(32-42)51(11,12)13;;;;/h14-21,26-32H,22-25,33H2,1-13H3;1H;;;/q-1;;+1;;/t52-;;;;/m0..../s1. The summed E-state index contributed by atoms with van der Waals surface area (Å²) < 4.78 is 0. The SMILES string of the molecule is Cc1cccnc1C[N-]c1cccc2c1[C@]1(CC2)CCc2cccc([PH+](c3cc(C(C)(C)C)cc(C(C)(C)C)c3)c3cc(C(C)(C)C)cc(C(C)(C)C)c3)c21.[Cl][IrH2]. The van der Waals surface area contributed by atoms with Gasteiger partial charge >= 0.3 is 27.5 Å². The molecule has 2 aliphatic carbocycles. The van der Waals surface area contributed by atoms with E-state index < -0.39 is 7.92 Å². The summed E-state index contributed by atoms with van der Waals surface area (Å²) in [6.45, 7) is 31.3. The number of hydrogen-bond donors (Lipinski definition) is 0. The number of halogens is 1. The van der Waals surface area contributed by atoms with Crippen molar-refractivity contribution in [1.29, 1.82) is 0 Å².